The molecule has 2 aromatic rings. The summed E-state index contributed by atoms with van der Waals surface area (Å²) in [7, 11) is 5.28. The lowest BCUT2D eigenvalue weighted by atomic mass is 9.79. The van der Waals surface area contributed by atoms with Gasteiger partial charge in [-0.1, -0.05) is 63.2 Å². The summed E-state index contributed by atoms with van der Waals surface area (Å²) in [6.45, 7) is 7.33. The lowest BCUT2D eigenvalue weighted by Crippen LogP contribution is -2.45. The Morgan fingerprint density at radius 3 is 2.31 bits per heavy atom. The van der Waals surface area contributed by atoms with Gasteiger partial charge < -0.3 is 14.5 Å². The monoisotopic (exact) mass is 436 g/mol. The molecule has 1 fully saturated rings. The molecule has 0 N–H and O–H groups in total. The summed E-state index contributed by atoms with van der Waals surface area (Å²) in [5, 5.41) is 0. The molecule has 0 bridgehead atoms. The van der Waals surface area contributed by atoms with Crippen molar-refractivity contribution >= 4 is 11.8 Å². The molecule has 0 spiro atoms. The Hall–Kier alpha value is -2.82. The van der Waals surface area contributed by atoms with Crippen LogP contribution in [0.3, 0.4) is 0 Å². The molecule has 0 saturated carbocycles. The molecule has 1 atom stereocenters. The van der Waals surface area contributed by atoms with Gasteiger partial charge in [-0.25, -0.2) is 0 Å². The SMILES string of the molecule is COc1ccccc1-c1ccc(CC2(C(=O)N(C)C)CCN(C(=O)CC(C)(C)C)C2)cc1. The number of hydrogen-bond acceptors (Lipinski definition) is 3. The van der Waals surface area contributed by atoms with Crippen molar-refractivity contribution in [3.8, 4) is 16.9 Å². The van der Waals surface area contributed by atoms with Gasteiger partial charge in [-0.3, -0.25) is 9.59 Å². The van der Waals surface area contributed by atoms with Gasteiger partial charge in [0.2, 0.25) is 11.8 Å². The van der Waals surface area contributed by atoms with Crippen LogP contribution in [0.25, 0.3) is 11.1 Å². The number of para-hydroxylation sites is 1. The first-order chi connectivity index (χ1) is 15.0. The molecule has 1 heterocycles. The van der Waals surface area contributed by atoms with E-state index >= 15 is 0 Å². The van der Waals surface area contributed by atoms with Gasteiger partial charge in [-0.15, -0.1) is 0 Å². The Kier molecular flexibility index (Phi) is 6.97. The fourth-order valence-corrected chi connectivity index (χ4v) is 4.60. The highest BCUT2D eigenvalue weighted by atomic mass is 16.5. The largest absolute Gasteiger partial charge is 0.496 e. The molecule has 172 valence electrons. The highest BCUT2D eigenvalue weighted by Gasteiger charge is 2.46. The standard InChI is InChI=1S/C27H36N2O3/c1-26(2,3)18-24(30)29-16-15-27(19-29,25(31)28(4)5)17-20-11-13-21(14-12-20)22-9-7-8-10-23(22)32-6/h7-14H,15-19H2,1-6H3. The van der Waals surface area contributed by atoms with Crippen LogP contribution in [0.1, 0.15) is 39.2 Å². The Balaban J connectivity index is 1.83. The van der Waals surface area contributed by atoms with E-state index in [9.17, 15) is 9.59 Å². The van der Waals surface area contributed by atoms with Gasteiger partial charge in [0.15, 0.2) is 0 Å². The maximum absolute atomic E-state index is 13.3. The van der Waals surface area contributed by atoms with E-state index in [2.05, 4.69) is 45.0 Å². The van der Waals surface area contributed by atoms with E-state index in [-0.39, 0.29) is 17.2 Å². The minimum atomic E-state index is -0.580. The van der Waals surface area contributed by atoms with E-state index in [0.29, 0.717) is 32.4 Å². The highest BCUT2D eigenvalue weighted by Crippen LogP contribution is 2.38. The van der Waals surface area contributed by atoms with E-state index in [4.69, 9.17) is 4.74 Å². The predicted molar refractivity (Wildman–Crippen MR) is 129 cm³/mol. The molecule has 0 aromatic heterocycles. The minimum Gasteiger partial charge on any atom is -0.496 e. The average Bonchev–Trinajstić information content (AvgIpc) is 3.18. The van der Waals surface area contributed by atoms with Crippen LogP contribution in [0.4, 0.5) is 0 Å². The second-order valence-electron chi connectivity index (χ2n) is 10.4. The van der Waals surface area contributed by atoms with Crippen LogP contribution in [-0.2, 0) is 16.0 Å². The third kappa shape index (κ3) is 5.32. The van der Waals surface area contributed by atoms with E-state index in [1.54, 1.807) is 26.1 Å². The maximum atomic E-state index is 13.3. The predicted octanol–water partition coefficient (Wildman–Crippen LogP) is 4.65. The van der Waals surface area contributed by atoms with Crippen molar-refractivity contribution in [1.82, 2.24) is 9.80 Å². The lowest BCUT2D eigenvalue weighted by molar-refractivity contribution is -0.140. The van der Waals surface area contributed by atoms with Crippen LogP contribution in [0.5, 0.6) is 5.75 Å². The Morgan fingerprint density at radius 2 is 1.72 bits per heavy atom. The first kappa shape index (κ1) is 23.8. The second kappa shape index (κ2) is 9.35. The third-order valence-corrected chi connectivity index (χ3v) is 6.16. The number of carbonyl (C=O) groups is 2. The third-order valence-electron chi connectivity index (χ3n) is 6.16. The van der Waals surface area contributed by atoms with Crippen molar-refractivity contribution in [2.24, 2.45) is 10.8 Å². The zero-order valence-electron chi connectivity index (χ0n) is 20.3. The van der Waals surface area contributed by atoms with E-state index in [1.807, 2.05) is 29.2 Å². The van der Waals surface area contributed by atoms with E-state index < -0.39 is 5.41 Å². The van der Waals surface area contributed by atoms with Crippen LogP contribution in [0.2, 0.25) is 0 Å². The summed E-state index contributed by atoms with van der Waals surface area (Å²) in [6, 6.07) is 16.3. The summed E-state index contributed by atoms with van der Waals surface area (Å²) in [5.41, 5.74) is 2.57. The van der Waals surface area contributed by atoms with Gasteiger partial charge in [0.25, 0.3) is 0 Å². The summed E-state index contributed by atoms with van der Waals surface area (Å²) < 4.78 is 5.49. The van der Waals surface area contributed by atoms with Gasteiger partial charge in [-0.2, -0.15) is 0 Å². The van der Waals surface area contributed by atoms with Crippen LogP contribution < -0.4 is 4.74 Å². The molecule has 0 aliphatic carbocycles. The summed E-state index contributed by atoms with van der Waals surface area (Å²) in [6.07, 6.45) is 1.80. The zero-order chi connectivity index (χ0) is 23.5. The number of benzene rings is 2. The van der Waals surface area contributed by atoms with Crippen molar-refractivity contribution in [2.45, 2.75) is 40.0 Å². The van der Waals surface area contributed by atoms with Gasteiger partial charge in [0.1, 0.15) is 5.75 Å². The molecular weight excluding hydrogens is 400 g/mol. The molecule has 1 aliphatic rings. The van der Waals surface area contributed by atoms with Crippen molar-refractivity contribution < 1.29 is 14.3 Å². The topological polar surface area (TPSA) is 49.9 Å². The molecule has 3 rings (SSSR count). The number of likely N-dealkylation sites (tertiary alicyclic amines) is 1. The molecule has 1 aliphatic heterocycles. The molecule has 2 amide bonds. The van der Waals surface area contributed by atoms with Crippen molar-refractivity contribution in [3.63, 3.8) is 0 Å². The molecule has 1 saturated heterocycles. The second-order valence-corrected chi connectivity index (χ2v) is 10.4. The van der Waals surface area contributed by atoms with Crippen LogP contribution >= 0.6 is 0 Å². The summed E-state index contributed by atoms with van der Waals surface area (Å²) >= 11 is 0. The molecule has 5 heteroatoms. The smallest absolute Gasteiger partial charge is 0.230 e. The number of ether oxygens (including phenoxy) is 1. The Bertz CT molecular complexity index is 960. The van der Waals surface area contributed by atoms with Crippen molar-refractivity contribution in [2.75, 3.05) is 34.3 Å². The van der Waals surface area contributed by atoms with Crippen LogP contribution in [0, 0.1) is 10.8 Å². The van der Waals surface area contributed by atoms with Gasteiger partial charge in [-0.05, 0) is 35.4 Å². The Labute approximate surface area is 192 Å². The number of methoxy groups -OCH3 is 1. The number of rotatable bonds is 6. The fourth-order valence-electron chi connectivity index (χ4n) is 4.60. The number of carbonyl (C=O) groups excluding carboxylic acids is 2. The molecular formula is C27H36N2O3. The minimum absolute atomic E-state index is 0.0672. The van der Waals surface area contributed by atoms with Crippen molar-refractivity contribution in [1.29, 1.82) is 0 Å². The fraction of sp³-hybridized carbons (Fsp3) is 0.481. The molecule has 2 aromatic carbocycles. The van der Waals surface area contributed by atoms with Gasteiger partial charge >= 0.3 is 0 Å². The van der Waals surface area contributed by atoms with E-state index in [1.165, 1.54) is 0 Å². The Morgan fingerprint density at radius 1 is 1.06 bits per heavy atom. The van der Waals surface area contributed by atoms with Crippen LogP contribution in [-0.4, -0.2) is 55.9 Å². The van der Waals surface area contributed by atoms with Crippen molar-refractivity contribution in [3.05, 3.63) is 54.1 Å². The number of amides is 2. The average molecular weight is 437 g/mol. The molecule has 32 heavy (non-hydrogen) atoms. The number of nitrogens with zero attached hydrogens (tertiary/aromatic N) is 2. The molecule has 1 unspecified atom stereocenters. The molecule has 5 nitrogen and oxygen atoms in total. The number of hydrogen-bond donors (Lipinski definition) is 0. The van der Waals surface area contributed by atoms with Gasteiger partial charge in [0.05, 0.1) is 12.5 Å². The molecule has 0 radical (unpaired) electrons. The lowest BCUT2D eigenvalue weighted by Gasteiger charge is -2.31. The summed E-state index contributed by atoms with van der Waals surface area (Å²) in [5.74, 6) is 1.07. The zero-order valence-corrected chi connectivity index (χ0v) is 20.3. The first-order valence-corrected chi connectivity index (χ1v) is 11.3. The normalized spacial score (nSPS) is 18.5. The summed E-state index contributed by atoms with van der Waals surface area (Å²) in [4.78, 5) is 29.7. The van der Waals surface area contributed by atoms with Crippen LogP contribution in [0.15, 0.2) is 48.5 Å². The van der Waals surface area contributed by atoms with Gasteiger partial charge in [0, 0.05) is 39.2 Å². The quantitative estimate of drug-likeness (QED) is 0.662. The first-order valence-electron chi connectivity index (χ1n) is 11.3. The van der Waals surface area contributed by atoms with E-state index in [0.717, 1.165) is 22.4 Å². The highest BCUT2D eigenvalue weighted by molar-refractivity contribution is 5.85. The maximum Gasteiger partial charge on any atom is 0.230 e.